The van der Waals surface area contributed by atoms with Gasteiger partial charge in [0.05, 0.1) is 16.2 Å². The van der Waals surface area contributed by atoms with Gasteiger partial charge in [-0.15, -0.1) is 0 Å². The quantitative estimate of drug-likeness (QED) is 0.666. The Balaban J connectivity index is 2.40. The van der Waals surface area contributed by atoms with Gasteiger partial charge >= 0.3 is 5.97 Å². The Labute approximate surface area is 116 Å². The van der Waals surface area contributed by atoms with E-state index in [-0.39, 0.29) is 16.9 Å². The SMILES string of the molecule is O=C(O)c1ccc(Nc2cc(F)ccc2[N+](=O)[O-])c(F)c1. The standard InChI is InChI=1S/C13H8F2N2O4/c14-8-2-4-12(17(20)21)11(6-8)16-10-3-1-7(13(18)19)5-9(10)15/h1-6,16H,(H,18,19). The summed E-state index contributed by atoms with van der Waals surface area (Å²) in [4.78, 5) is 20.8. The lowest BCUT2D eigenvalue weighted by atomic mass is 10.2. The number of nitrogens with zero attached hydrogens (tertiary/aromatic N) is 1. The number of nitro groups is 1. The largest absolute Gasteiger partial charge is 0.478 e. The fourth-order valence-electron chi connectivity index (χ4n) is 1.66. The molecule has 0 radical (unpaired) electrons. The normalized spacial score (nSPS) is 10.2. The number of benzene rings is 2. The van der Waals surface area contributed by atoms with Gasteiger partial charge in [0.1, 0.15) is 17.3 Å². The molecule has 0 fully saturated rings. The molecule has 2 aromatic carbocycles. The molecule has 6 nitrogen and oxygen atoms in total. The number of aromatic carboxylic acids is 1. The number of hydrogen-bond acceptors (Lipinski definition) is 4. The van der Waals surface area contributed by atoms with E-state index in [0.717, 1.165) is 36.4 Å². The van der Waals surface area contributed by atoms with E-state index in [9.17, 15) is 23.7 Å². The molecule has 0 spiro atoms. The smallest absolute Gasteiger partial charge is 0.335 e. The fraction of sp³-hybridized carbons (Fsp3) is 0. The summed E-state index contributed by atoms with van der Waals surface area (Å²) in [7, 11) is 0. The first-order valence-electron chi connectivity index (χ1n) is 5.62. The van der Waals surface area contributed by atoms with Crippen LogP contribution >= 0.6 is 0 Å². The second-order valence-electron chi connectivity index (χ2n) is 4.04. The molecular formula is C13H8F2N2O4. The topological polar surface area (TPSA) is 92.5 Å². The van der Waals surface area contributed by atoms with Gasteiger partial charge in [-0.05, 0) is 24.3 Å². The zero-order valence-corrected chi connectivity index (χ0v) is 10.3. The van der Waals surface area contributed by atoms with Crippen LogP contribution in [0.1, 0.15) is 10.4 Å². The summed E-state index contributed by atoms with van der Waals surface area (Å²) in [5.74, 6) is -2.96. The highest BCUT2D eigenvalue weighted by molar-refractivity contribution is 5.88. The summed E-state index contributed by atoms with van der Waals surface area (Å²) in [6.07, 6.45) is 0. The van der Waals surface area contributed by atoms with E-state index in [1.54, 1.807) is 0 Å². The van der Waals surface area contributed by atoms with Gasteiger partial charge in [-0.3, -0.25) is 10.1 Å². The molecular weight excluding hydrogens is 286 g/mol. The van der Waals surface area contributed by atoms with E-state index in [4.69, 9.17) is 5.11 Å². The Kier molecular flexibility index (Phi) is 3.79. The third-order valence-electron chi connectivity index (χ3n) is 2.64. The minimum atomic E-state index is -1.31. The van der Waals surface area contributed by atoms with Gasteiger partial charge in [-0.25, -0.2) is 13.6 Å². The van der Waals surface area contributed by atoms with Crippen molar-refractivity contribution in [3.8, 4) is 0 Å². The maximum atomic E-state index is 13.7. The number of carboxylic acid groups (broad SMARTS) is 1. The monoisotopic (exact) mass is 294 g/mol. The highest BCUT2D eigenvalue weighted by atomic mass is 19.1. The highest BCUT2D eigenvalue weighted by Crippen LogP contribution is 2.29. The molecule has 2 rings (SSSR count). The first kappa shape index (κ1) is 14.4. The summed E-state index contributed by atoms with van der Waals surface area (Å²) in [6, 6.07) is 5.69. The molecule has 0 aliphatic carbocycles. The van der Waals surface area contributed by atoms with Crippen LogP contribution in [0.2, 0.25) is 0 Å². The van der Waals surface area contributed by atoms with Gasteiger partial charge in [0, 0.05) is 12.1 Å². The van der Waals surface area contributed by atoms with Crippen molar-refractivity contribution in [3.63, 3.8) is 0 Å². The van der Waals surface area contributed by atoms with Gasteiger partial charge < -0.3 is 10.4 Å². The molecule has 0 saturated carbocycles. The number of anilines is 2. The maximum absolute atomic E-state index is 13.7. The van der Waals surface area contributed by atoms with Crippen LogP contribution in [-0.4, -0.2) is 16.0 Å². The first-order valence-corrected chi connectivity index (χ1v) is 5.62. The van der Waals surface area contributed by atoms with Crippen LogP contribution in [0.15, 0.2) is 36.4 Å². The number of halogens is 2. The van der Waals surface area contributed by atoms with Crippen LogP contribution in [0.25, 0.3) is 0 Å². The highest BCUT2D eigenvalue weighted by Gasteiger charge is 2.16. The molecule has 0 unspecified atom stereocenters. The van der Waals surface area contributed by atoms with Crippen molar-refractivity contribution in [3.05, 3.63) is 63.7 Å². The number of carbonyl (C=O) groups is 1. The van der Waals surface area contributed by atoms with Crippen molar-refractivity contribution in [2.75, 3.05) is 5.32 Å². The second-order valence-corrected chi connectivity index (χ2v) is 4.04. The molecule has 0 saturated heterocycles. The Morgan fingerprint density at radius 2 is 1.86 bits per heavy atom. The average molecular weight is 294 g/mol. The lowest BCUT2D eigenvalue weighted by Crippen LogP contribution is -2.02. The maximum Gasteiger partial charge on any atom is 0.335 e. The molecule has 2 aromatic rings. The number of carboxylic acids is 1. The molecule has 0 aromatic heterocycles. The van der Waals surface area contributed by atoms with Gasteiger partial charge in [0.15, 0.2) is 0 Å². The van der Waals surface area contributed by atoms with Crippen LogP contribution in [0.5, 0.6) is 0 Å². The Morgan fingerprint density at radius 3 is 2.43 bits per heavy atom. The minimum Gasteiger partial charge on any atom is -0.478 e. The molecule has 108 valence electrons. The van der Waals surface area contributed by atoms with Gasteiger partial charge in [-0.1, -0.05) is 0 Å². The Hall–Kier alpha value is -3.03. The molecule has 0 aliphatic rings. The van der Waals surface area contributed by atoms with E-state index in [0.29, 0.717) is 0 Å². The molecule has 21 heavy (non-hydrogen) atoms. The van der Waals surface area contributed by atoms with Crippen molar-refractivity contribution < 1.29 is 23.6 Å². The number of nitrogens with one attached hydrogen (secondary N) is 1. The average Bonchev–Trinajstić information content (AvgIpc) is 2.40. The summed E-state index contributed by atoms with van der Waals surface area (Å²) in [5.41, 5.74) is -1.14. The molecule has 0 amide bonds. The Morgan fingerprint density at radius 1 is 1.14 bits per heavy atom. The number of nitro benzene ring substituents is 1. The summed E-state index contributed by atoms with van der Waals surface area (Å²) >= 11 is 0. The summed E-state index contributed by atoms with van der Waals surface area (Å²) < 4.78 is 26.9. The summed E-state index contributed by atoms with van der Waals surface area (Å²) in [5, 5.41) is 21.9. The zero-order valence-electron chi connectivity index (χ0n) is 10.3. The van der Waals surface area contributed by atoms with Crippen LogP contribution in [0.4, 0.5) is 25.8 Å². The number of rotatable bonds is 4. The Bertz CT molecular complexity index is 734. The molecule has 0 bridgehead atoms. The summed E-state index contributed by atoms with van der Waals surface area (Å²) in [6.45, 7) is 0. The minimum absolute atomic E-state index is 0.200. The van der Waals surface area contributed by atoms with Gasteiger partial charge in [0.2, 0.25) is 0 Å². The van der Waals surface area contributed by atoms with Crippen molar-refractivity contribution in [1.29, 1.82) is 0 Å². The van der Waals surface area contributed by atoms with Gasteiger partial charge in [-0.2, -0.15) is 0 Å². The molecule has 8 heteroatoms. The molecule has 0 aliphatic heterocycles. The van der Waals surface area contributed by atoms with Crippen LogP contribution in [0, 0.1) is 21.7 Å². The lowest BCUT2D eigenvalue weighted by molar-refractivity contribution is -0.384. The van der Waals surface area contributed by atoms with Crippen LogP contribution in [-0.2, 0) is 0 Å². The zero-order chi connectivity index (χ0) is 15.6. The fourth-order valence-corrected chi connectivity index (χ4v) is 1.66. The number of hydrogen-bond donors (Lipinski definition) is 2. The van der Waals surface area contributed by atoms with E-state index in [1.807, 2.05) is 0 Å². The van der Waals surface area contributed by atoms with E-state index < -0.39 is 28.2 Å². The molecule has 0 atom stereocenters. The van der Waals surface area contributed by atoms with Crippen LogP contribution < -0.4 is 5.32 Å². The third-order valence-corrected chi connectivity index (χ3v) is 2.64. The van der Waals surface area contributed by atoms with Crippen molar-refractivity contribution in [1.82, 2.24) is 0 Å². The van der Waals surface area contributed by atoms with Gasteiger partial charge in [0.25, 0.3) is 5.69 Å². The van der Waals surface area contributed by atoms with Crippen LogP contribution in [0.3, 0.4) is 0 Å². The predicted octanol–water partition coefficient (Wildman–Crippen LogP) is 3.31. The van der Waals surface area contributed by atoms with E-state index in [2.05, 4.69) is 5.32 Å². The van der Waals surface area contributed by atoms with Crippen molar-refractivity contribution >= 4 is 23.0 Å². The van der Waals surface area contributed by atoms with Crippen molar-refractivity contribution in [2.24, 2.45) is 0 Å². The third kappa shape index (κ3) is 3.11. The molecule has 0 heterocycles. The molecule has 2 N–H and O–H groups in total. The predicted molar refractivity (Wildman–Crippen MR) is 69.7 cm³/mol. The first-order chi connectivity index (χ1) is 9.88. The van der Waals surface area contributed by atoms with E-state index in [1.165, 1.54) is 0 Å². The lowest BCUT2D eigenvalue weighted by Gasteiger charge is -2.08. The second kappa shape index (κ2) is 5.53. The van der Waals surface area contributed by atoms with E-state index >= 15 is 0 Å². The van der Waals surface area contributed by atoms with Crippen molar-refractivity contribution in [2.45, 2.75) is 0 Å².